The number of phenolic OH excluding ortho intramolecular Hbond substituents is 3. The maximum absolute atomic E-state index is 12.8. The van der Waals surface area contributed by atoms with Gasteiger partial charge in [-0.2, -0.15) is 0 Å². The molecule has 3 N–H and O–H groups in total. The lowest BCUT2D eigenvalue weighted by molar-refractivity contribution is 0.0808. The van der Waals surface area contributed by atoms with Crippen LogP contribution in [0.5, 0.6) is 23.0 Å². The first-order valence-corrected chi connectivity index (χ1v) is 7.97. The molecule has 7 heteroatoms. The van der Waals surface area contributed by atoms with Crippen LogP contribution in [-0.2, 0) is 4.74 Å². The van der Waals surface area contributed by atoms with Crippen LogP contribution < -0.4 is 4.74 Å². The summed E-state index contributed by atoms with van der Waals surface area (Å²) in [4.78, 5) is 25.6. The van der Waals surface area contributed by atoms with Gasteiger partial charge < -0.3 is 24.8 Å². The molecular formula is C19H18O7. The molecular weight excluding hydrogens is 340 g/mol. The van der Waals surface area contributed by atoms with Crippen LogP contribution in [0, 0.1) is 11.8 Å². The third kappa shape index (κ3) is 3.21. The standard InChI is InChI=1S/C19H18O7/c1-25-17-7-11(3-5-15(17)21)19(24)13-9-26-8-12(13)18(23)10-2-4-14(20)16(22)6-10/h2-7,12-13,20-22H,8-9H2,1H3/t12-,13-/m0/s1. The summed E-state index contributed by atoms with van der Waals surface area (Å²) in [5.41, 5.74) is 0.499. The van der Waals surface area contributed by atoms with E-state index in [1.54, 1.807) is 0 Å². The number of Topliss-reactive ketones (excluding diaryl/α,β-unsaturated/α-hetero) is 2. The van der Waals surface area contributed by atoms with Gasteiger partial charge in [-0.15, -0.1) is 0 Å². The Morgan fingerprint density at radius 1 is 0.885 bits per heavy atom. The van der Waals surface area contributed by atoms with Gasteiger partial charge in [0.05, 0.1) is 32.2 Å². The SMILES string of the molecule is COc1cc(C(=O)[C@H]2COC[C@@H]2C(=O)c2ccc(O)c(O)c2)ccc1O. The molecule has 3 rings (SSSR count). The molecule has 26 heavy (non-hydrogen) atoms. The van der Waals surface area contributed by atoms with E-state index in [0.717, 1.165) is 0 Å². The van der Waals surface area contributed by atoms with Crippen molar-refractivity contribution in [2.75, 3.05) is 20.3 Å². The molecule has 0 amide bonds. The first kappa shape index (κ1) is 17.8. The number of hydrogen-bond acceptors (Lipinski definition) is 7. The van der Waals surface area contributed by atoms with Crippen molar-refractivity contribution in [2.24, 2.45) is 11.8 Å². The molecule has 2 aromatic carbocycles. The minimum Gasteiger partial charge on any atom is -0.504 e. The smallest absolute Gasteiger partial charge is 0.169 e. The van der Waals surface area contributed by atoms with E-state index < -0.39 is 17.6 Å². The molecule has 0 aromatic heterocycles. The van der Waals surface area contributed by atoms with Crippen LogP contribution in [0.15, 0.2) is 36.4 Å². The van der Waals surface area contributed by atoms with Gasteiger partial charge in [-0.25, -0.2) is 0 Å². The second-order valence-electron chi connectivity index (χ2n) is 6.07. The molecule has 0 unspecified atom stereocenters. The molecule has 1 saturated heterocycles. The molecule has 1 aliphatic heterocycles. The van der Waals surface area contributed by atoms with E-state index in [0.29, 0.717) is 5.56 Å². The highest BCUT2D eigenvalue weighted by Gasteiger charge is 2.39. The number of benzene rings is 2. The molecule has 2 atom stereocenters. The molecule has 136 valence electrons. The quantitative estimate of drug-likeness (QED) is 0.554. The Labute approximate surface area is 149 Å². The summed E-state index contributed by atoms with van der Waals surface area (Å²) in [7, 11) is 1.38. The summed E-state index contributed by atoms with van der Waals surface area (Å²) in [6.07, 6.45) is 0. The van der Waals surface area contributed by atoms with E-state index in [1.165, 1.54) is 43.5 Å². The fraction of sp³-hybridized carbons (Fsp3) is 0.263. The van der Waals surface area contributed by atoms with E-state index in [-0.39, 0.29) is 47.6 Å². The largest absolute Gasteiger partial charge is 0.504 e. The first-order chi connectivity index (χ1) is 12.4. The molecule has 1 fully saturated rings. The maximum atomic E-state index is 12.8. The van der Waals surface area contributed by atoms with Crippen molar-refractivity contribution in [1.82, 2.24) is 0 Å². The summed E-state index contributed by atoms with van der Waals surface area (Å²) in [5, 5.41) is 28.6. The summed E-state index contributed by atoms with van der Waals surface area (Å²) >= 11 is 0. The fourth-order valence-electron chi connectivity index (χ4n) is 3.01. The van der Waals surface area contributed by atoms with Crippen molar-refractivity contribution in [3.63, 3.8) is 0 Å². The predicted molar refractivity (Wildman–Crippen MR) is 90.9 cm³/mol. The van der Waals surface area contributed by atoms with Gasteiger partial charge in [-0.1, -0.05) is 0 Å². The highest BCUT2D eigenvalue weighted by molar-refractivity contribution is 6.05. The van der Waals surface area contributed by atoms with Crippen LogP contribution in [0.2, 0.25) is 0 Å². The highest BCUT2D eigenvalue weighted by atomic mass is 16.5. The summed E-state index contributed by atoms with van der Waals surface area (Å²) in [5.74, 6) is -2.67. The van der Waals surface area contributed by atoms with Gasteiger partial charge in [0.2, 0.25) is 0 Å². The monoisotopic (exact) mass is 358 g/mol. The number of hydrogen-bond donors (Lipinski definition) is 3. The van der Waals surface area contributed by atoms with Crippen molar-refractivity contribution >= 4 is 11.6 Å². The van der Waals surface area contributed by atoms with Crippen LogP contribution in [0.25, 0.3) is 0 Å². The molecule has 0 radical (unpaired) electrons. The number of methoxy groups -OCH3 is 1. The van der Waals surface area contributed by atoms with Crippen molar-refractivity contribution < 1.29 is 34.4 Å². The number of aromatic hydroxyl groups is 3. The van der Waals surface area contributed by atoms with E-state index in [2.05, 4.69) is 0 Å². The maximum Gasteiger partial charge on any atom is 0.169 e. The minimum absolute atomic E-state index is 0.0843. The fourth-order valence-corrected chi connectivity index (χ4v) is 3.01. The normalized spacial score (nSPS) is 19.3. The van der Waals surface area contributed by atoms with Crippen LogP contribution in [0.1, 0.15) is 20.7 Å². The number of rotatable bonds is 5. The minimum atomic E-state index is -0.703. The van der Waals surface area contributed by atoms with Crippen molar-refractivity contribution in [2.45, 2.75) is 0 Å². The Balaban J connectivity index is 1.86. The molecule has 0 aliphatic carbocycles. The van der Waals surface area contributed by atoms with Gasteiger partial charge in [-0.05, 0) is 36.4 Å². The zero-order valence-electron chi connectivity index (χ0n) is 14.0. The van der Waals surface area contributed by atoms with Gasteiger partial charge >= 0.3 is 0 Å². The van der Waals surface area contributed by atoms with Gasteiger partial charge in [0.15, 0.2) is 34.6 Å². The summed E-state index contributed by atoms with van der Waals surface area (Å²) in [6.45, 7) is 0.189. The first-order valence-electron chi connectivity index (χ1n) is 7.97. The van der Waals surface area contributed by atoms with Crippen LogP contribution >= 0.6 is 0 Å². The number of ketones is 2. The van der Waals surface area contributed by atoms with E-state index in [4.69, 9.17) is 9.47 Å². The average Bonchev–Trinajstić information content (AvgIpc) is 3.13. The molecule has 7 nitrogen and oxygen atoms in total. The van der Waals surface area contributed by atoms with Crippen LogP contribution in [0.3, 0.4) is 0 Å². The Morgan fingerprint density at radius 2 is 1.42 bits per heavy atom. The second kappa shape index (κ2) is 7.05. The van der Waals surface area contributed by atoms with Gasteiger partial charge in [-0.3, -0.25) is 9.59 Å². The Kier molecular flexibility index (Phi) is 4.81. The van der Waals surface area contributed by atoms with Crippen LogP contribution in [-0.4, -0.2) is 47.2 Å². The summed E-state index contributed by atoms with van der Waals surface area (Å²) < 4.78 is 10.4. The van der Waals surface area contributed by atoms with Crippen LogP contribution in [0.4, 0.5) is 0 Å². The van der Waals surface area contributed by atoms with E-state index >= 15 is 0 Å². The zero-order valence-corrected chi connectivity index (χ0v) is 14.0. The molecule has 0 saturated carbocycles. The van der Waals surface area contributed by atoms with Gasteiger partial charge in [0.25, 0.3) is 0 Å². The van der Waals surface area contributed by atoms with Crippen molar-refractivity contribution in [3.8, 4) is 23.0 Å². The van der Waals surface area contributed by atoms with E-state index in [9.17, 15) is 24.9 Å². The number of carbonyl (C=O) groups is 2. The average molecular weight is 358 g/mol. The number of carbonyl (C=O) groups excluding carboxylic acids is 2. The van der Waals surface area contributed by atoms with Crippen molar-refractivity contribution in [1.29, 1.82) is 0 Å². The molecule has 0 bridgehead atoms. The number of ether oxygens (including phenoxy) is 2. The lowest BCUT2D eigenvalue weighted by atomic mass is 9.83. The van der Waals surface area contributed by atoms with Gasteiger partial charge in [0.1, 0.15) is 0 Å². The topological polar surface area (TPSA) is 113 Å². The molecule has 1 aliphatic rings. The van der Waals surface area contributed by atoms with Gasteiger partial charge in [0, 0.05) is 11.1 Å². The highest BCUT2D eigenvalue weighted by Crippen LogP contribution is 2.33. The Bertz CT molecular complexity index is 859. The molecule has 2 aromatic rings. The predicted octanol–water partition coefficient (Wildman–Crippen LogP) is 2.14. The Hall–Kier alpha value is -3.06. The lowest BCUT2D eigenvalue weighted by Crippen LogP contribution is -2.29. The third-order valence-corrected chi connectivity index (χ3v) is 4.48. The molecule has 0 spiro atoms. The second-order valence-corrected chi connectivity index (χ2v) is 6.07. The summed E-state index contributed by atoms with van der Waals surface area (Å²) in [6, 6.07) is 8.02. The third-order valence-electron chi connectivity index (χ3n) is 4.48. The van der Waals surface area contributed by atoms with Crippen molar-refractivity contribution in [3.05, 3.63) is 47.5 Å². The zero-order chi connectivity index (χ0) is 18.8. The van der Waals surface area contributed by atoms with E-state index in [1.807, 2.05) is 0 Å². The Morgan fingerprint density at radius 3 is 1.96 bits per heavy atom. The number of phenols is 3. The molecule has 1 heterocycles. The lowest BCUT2D eigenvalue weighted by Gasteiger charge is -2.16.